The van der Waals surface area contributed by atoms with Gasteiger partial charge in [-0.1, -0.05) is 0 Å². The summed E-state index contributed by atoms with van der Waals surface area (Å²) in [7, 11) is 1.60. The molecule has 0 aliphatic carbocycles. The number of amides is 1. The van der Waals surface area contributed by atoms with Crippen LogP contribution in [0.2, 0.25) is 0 Å². The summed E-state index contributed by atoms with van der Waals surface area (Å²) in [6.45, 7) is 0. The number of benzene rings is 1. The van der Waals surface area contributed by atoms with E-state index in [2.05, 4.69) is 5.32 Å². The van der Waals surface area contributed by atoms with Gasteiger partial charge in [-0.2, -0.15) is 0 Å². The molecule has 1 N–H and O–H groups in total. The van der Waals surface area contributed by atoms with E-state index in [-0.39, 0.29) is 5.91 Å². The largest absolute Gasteiger partial charge is 0.497 e. The molecule has 0 fully saturated rings. The van der Waals surface area contributed by atoms with Crippen LogP contribution in [0.1, 0.15) is 6.42 Å². The molecular weight excluding hydrogens is 202 g/mol. The number of hydrogen-bond acceptors (Lipinski definition) is 2. The van der Waals surface area contributed by atoms with E-state index in [0.29, 0.717) is 12.3 Å². The molecule has 0 bridgehead atoms. The van der Waals surface area contributed by atoms with Gasteiger partial charge in [0.25, 0.3) is 0 Å². The molecule has 0 aromatic heterocycles. The quantitative estimate of drug-likeness (QED) is 0.780. The number of rotatable bonds is 4. The highest BCUT2D eigenvalue weighted by Gasteiger charge is 2.00. The van der Waals surface area contributed by atoms with Crippen LogP contribution in [0.3, 0.4) is 0 Å². The highest BCUT2D eigenvalue weighted by atomic mass is 35.5. The highest BCUT2D eigenvalue weighted by Crippen LogP contribution is 2.14. The zero-order valence-electron chi connectivity index (χ0n) is 7.92. The molecule has 3 nitrogen and oxygen atoms in total. The van der Waals surface area contributed by atoms with Crippen LogP contribution >= 0.6 is 11.6 Å². The number of carbonyl (C=O) groups excluding carboxylic acids is 1. The Kier molecular flexibility index (Phi) is 4.26. The third-order valence-electron chi connectivity index (χ3n) is 1.70. The van der Waals surface area contributed by atoms with E-state index >= 15 is 0 Å². The monoisotopic (exact) mass is 213 g/mol. The van der Waals surface area contributed by atoms with Crippen molar-refractivity contribution in [1.29, 1.82) is 0 Å². The minimum Gasteiger partial charge on any atom is -0.497 e. The smallest absolute Gasteiger partial charge is 0.225 e. The second kappa shape index (κ2) is 5.50. The number of nitrogens with one attached hydrogen (secondary N) is 1. The molecule has 1 aromatic rings. The Hall–Kier alpha value is -1.22. The van der Waals surface area contributed by atoms with E-state index in [9.17, 15) is 4.79 Å². The van der Waals surface area contributed by atoms with Crippen LogP contribution in [0, 0.1) is 0 Å². The molecule has 0 aliphatic heterocycles. The van der Waals surface area contributed by atoms with Crippen molar-refractivity contribution in [2.24, 2.45) is 0 Å². The van der Waals surface area contributed by atoms with Crippen LogP contribution in [0.5, 0.6) is 5.75 Å². The number of ether oxygens (including phenoxy) is 1. The van der Waals surface area contributed by atoms with E-state index in [4.69, 9.17) is 16.3 Å². The molecular formula is C10H12ClNO2. The average molecular weight is 214 g/mol. The van der Waals surface area contributed by atoms with Crippen LogP contribution in [0.25, 0.3) is 0 Å². The second-order valence-electron chi connectivity index (χ2n) is 2.72. The molecule has 14 heavy (non-hydrogen) atoms. The Morgan fingerprint density at radius 3 is 2.57 bits per heavy atom. The van der Waals surface area contributed by atoms with Crippen molar-refractivity contribution in [3.05, 3.63) is 24.3 Å². The zero-order chi connectivity index (χ0) is 10.4. The first-order valence-corrected chi connectivity index (χ1v) is 4.79. The van der Waals surface area contributed by atoms with Gasteiger partial charge in [-0.15, -0.1) is 11.6 Å². The Labute approximate surface area is 88.0 Å². The van der Waals surface area contributed by atoms with E-state index < -0.39 is 0 Å². The molecule has 1 amide bonds. The highest BCUT2D eigenvalue weighted by molar-refractivity contribution is 6.19. The maximum Gasteiger partial charge on any atom is 0.225 e. The summed E-state index contributed by atoms with van der Waals surface area (Å²) in [6.07, 6.45) is 0.327. The number of halogens is 1. The van der Waals surface area contributed by atoms with Crippen molar-refractivity contribution in [1.82, 2.24) is 0 Å². The summed E-state index contributed by atoms with van der Waals surface area (Å²) >= 11 is 5.43. The second-order valence-corrected chi connectivity index (χ2v) is 3.09. The molecule has 0 radical (unpaired) electrons. The van der Waals surface area contributed by atoms with Gasteiger partial charge in [0.05, 0.1) is 7.11 Å². The minimum absolute atomic E-state index is 0.0785. The molecule has 0 saturated carbocycles. The van der Waals surface area contributed by atoms with Crippen LogP contribution in [0.4, 0.5) is 5.69 Å². The number of alkyl halides is 1. The van der Waals surface area contributed by atoms with Crippen LogP contribution in [-0.2, 0) is 4.79 Å². The van der Waals surface area contributed by atoms with Gasteiger partial charge < -0.3 is 10.1 Å². The summed E-state index contributed by atoms with van der Waals surface area (Å²) in [5.41, 5.74) is 0.751. The maximum absolute atomic E-state index is 11.1. The van der Waals surface area contributed by atoms with Crippen molar-refractivity contribution >= 4 is 23.2 Å². The van der Waals surface area contributed by atoms with Crippen LogP contribution in [0.15, 0.2) is 24.3 Å². The normalized spacial score (nSPS) is 9.57. The van der Waals surface area contributed by atoms with Crippen LogP contribution in [-0.4, -0.2) is 18.9 Å². The lowest BCUT2D eigenvalue weighted by molar-refractivity contribution is -0.115. The fraction of sp³-hybridized carbons (Fsp3) is 0.300. The van der Waals surface area contributed by atoms with Gasteiger partial charge in [0.15, 0.2) is 0 Å². The lowest BCUT2D eigenvalue weighted by Gasteiger charge is -2.04. The van der Waals surface area contributed by atoms with Gasteiger partial charge in [-0.25, -0.2) is 0 Å². The molecule has 0 aliphatic rings. The molecule has 76 valence electrons. The maximum atomic E-state index is 11.1. The van der Waals surface area contributed by atoms with Crippen molar-refractivity contribution in [2.45, 2.75) is 6.42 Å². The van der Waals surface area contributed by atoms with Crippen molar-refractivity contribution in [3.8, 4) is 5.75 Å². The van der Waals surface area contributed by atoms with E-state index in [1.54, 1.807) is 31.4 Å². The number of hydrogen-bond donors (Lipinski definition) is 1. The molecule has 0 saturated heterocycles. The van der Waals surface area contributed by atoms with E-state index in [1.165, 1.54) is 0 Å². The molecule has 0 unspecified atom stereocenters. The van der Waals surface area contributed by atoms with Crippen LogP contribution < -0.4 is 10.1 Å². The van der Waals surface area contributed by atoms with Gasteiger partial charge in [0.2, 0.25) is 5.91 Å². The Morgan fingerprint density at radius 2 is 2.07 bits per heavy atom. The summed E-state index contributed by atoms with van der Waals surface area (Å²) in [6, 6.07) is 7.14. The Morgan fingerprint density at radius 1 is 1.43 bits per heavy atom. The molecule has 0 heterocycles. The first-order chi connectivity index (χ1) is 6.76. The van der Waals surface area contributed by atoms with Gasteiger partial charge in [0.1, 0.15) is 5.75 Å². The fourth-order valence-electron chi connectivity index (χ4n) is 0.984. The number of anilines is 1. The summed E-state index contributed by atoms with van der Waals surface area (Å²) in [4.78, 5) is 11.1. The fourth-order valence-corrected chi connectivity index (χ4v) is 1.16. The van der Waals surface area contributed by atoms with Crippen molar-refractivity contribution < 1.29 is 9.53 Å². The standard InChI is InChI=1S/C10H12ClNO2/c1-14-9-4-2-8(3-5-9)12-10(13)6-7-11/h2-5H,6-7H2,1H3,(H,12,13). The topological polar surface area (TPSA) is 38.3 Å². The summed E-state index contributed by atoms with van der Waals surface area (Å²) in [5, 5.41) is 2.72. The minimum atomic E-state index is -0.0785. The summed E-state index contributed by atoms with van der Waals surface area (Å²) < 4.78 is 4.99. The first-order valence-electron chi connectivity index (χ1n) is 4.26. The Bertz CT molecular complexity index is 297. The van der Waals surface area contributed by atoms with Gasteiger partial charge >= 0.3 is 0 Å². The first kappa shape index (κ1) is 10.9. The average Bonchev–Trinajstić information content (AvgIpc) is 2.19. The lowest BCUT2D eigenvalue weighted by atomic mass is 10.3. The third-order valence-corrected chi connectivity index (χ3v) is 1.88. The number of carbonyl (C=O) groups is 1. The molecule has 0 atom stereocenters. The van der Waals surface area contributed by atoms with E-state index in [0.717, 1.165) is 11.4 Å². The molecule has 4 heteroatoms. The van der Waals surface area contributed by atoms with Gasteiger partial charge in [-0.3, -0.25) is 4.79 Å². The predicted molar refractivity (Wildman–Crippen MR) is 57.0 cm³/mol. The lowest BCUT2D eigenvalue weighted by Crippen LogP contribution is -2.11. The SMILES string of the molecule is COc1ccc(NC(=O)CCCl)cc1. The Balaban J connectivity index is 2.55. The predicted octanol–water partition coefficient (Wildman–Crippen LogP) is 2.26. The van der Waals surface area contributed by atoms with Crippen molar-refractivity contribution in [3.63, 3.8) is 0 Å². The molecule has 1 rings (SSSR count). The van der Waals surface area contributed by atoms with Crippen molar-refractivity contribution in [2.75, 3.05) is 18.3 Å². The molecule has 0 spiro atoms. The van der Waals surface area contributed by atoms with Gasteiger partial charge in [0, 0.05) is 18.0 Å². The zero-order valence-corrected chi connectivity index (χ0v) is 8.67. The molecule has 1 aromatic carbocycles. The van der Waals surface area contributed by atoms with E-state index in [1.807, 2.05) is 0 Å². The van der Waals surface area contributed by atoms with Gasteiger partial charge in [-0.05, 0) is 24.3 Å². The summed E-state index contributed by atoms with van der Waals surface area (Å²) in [5.74, 6) is 1.02. The number of methoxy groups -OCH3 is 1. The third kappa shape index (κ3) is 3.26.